The molecule has 0 aliphatic carbocycles. The Morgan fingerprint density at radius 3 is 2.42 bits per heavy atom. The average Bonchev–Trinajstić information content (AvgIpc) is 3.80. The molecule has 4 aromatic rings. The summed E-state index contributed by atoms with van der Waals surface area (Å²) in [5, 5.41) is 21.9. The Morgan fingerprint density at radius 1 is 1.00 bits per heavy atom. The Bertz CT molecular complexity index is 2210. The minimum atomic E-state index is -3.63. The third-order valence-electron chi connectivity index (χ3n) is 11.6. The maximum atomic E-state index is 16.4. The van der Waals surface area contributed by atoms with Crippen LogP contribution >= 0.6 is 0 Å². The first kappa shape index (κ1) is 36.5. The molecule has 0 bridgehead atoms. The van der Waals surface area contributed by atoms with Crippen molar-refractivity contribution in [3.63, 3.8) is 0 Å². The van der Waals surface area contributed by atoms with E-state index in [-0.39, 0.29) is 48.7 Å². The van der Waals surface area contributed by atoms with Crippen LogP contribution in [0.3, 0.4) is 0 Å². The lowest BCUT2D eigenvalue weighted by atomic mass is 9.82. The predicted molar refractivity (Wildman–Crippen MR) is 205 cm³/mol. The molecule has 2 fully saturated rings. The molecule has 55 heavy (non-hydrogen) atoms. The fourth-order valence-electron chi connectivity index (χ4n) is 9.15. The van der Waals surface area contributed by atoms with Gasteiger partial charge in [0.1, 0.15) is 5.75 Å². The number of nitrogens with zero attached hydrogens (tertiary/aromatic N) is 4. The van der Waals surface area contributed by atoms with E-state index in [9.17, 15) is 29.6 Å². The minimum Gasteiger partial charge on any atom is -0.454 e. The van der Waals surface area contributed by atoms with Gasteiger partial charge in [-0.3, -0.25) is 29.4 Å². The number of ether oxygens (including phenoxy) is 2. The van der Waals surface area contributed by atoms with Crippen molar-refractivity contribution in [3.8, 4) is 11.5 Å². The number of carbonyl (C=O) groups excluding carboxylic acids is 3. The van der Waals surface area contributed by atoms with Gasteiger partial charge in [-0.1, -0.05) is 43.3 Å². The van der Waals surface area contributed by atoms with E-state index in [1.807, 2.05) is 12.1 Å². The lowest BCUT2D eigenvalue weighted by molar-refractivity contribution is -0.385. The Labute approximate surface area is 318 Å². The van der Waals surface area contributed by atoms with Gasteiger partial charge in [0.2, 0.25) is 14.3 Å². The fourth-order valence-corrected chi connectivity index (χ4v) is 11.6. The van der Waals surface area contributed by atoms with Crippen molar-refractivity contribution in [3.05, 3.63) is 118 Å². The summed E-state index contributed by atoms with van der Waals surface area (Å²) in [6.45, 7) is 5.15. The van der Waals surface area contributed by atoms with E-state index in [0.717, 1.165) is 6.42 Å². The van der Waals surface area contributed by atoms with Crippen LogP contribution in [0.1, 0.15) is 47.7 Å². The smallest absolute Gasteiger partial charge is 0.269 e. The number of hydrogen-bond donors (Lipinski definition) is 1. The highest BCUT2D eigenvalue weighted by atomic mass is 28.4. The number of aliphatic hydroxyl groups is 1. The number of non-ortho nitro benzene ring substituents is 1. The molecule has 2 saturated heterocycles. The molecule has 3 amide bonds. The third kappa shape index (κ3) is 5.99. The van der Waals surface area contributed by atoms with Crippen LogP contribution in [-0.2, 0) is 26.5 Å². The predicted octanol–water partition coefficient (Wildman–Crippen LogP) is 7.37. The molecule has 0 aromatic heterocycles. The number of likely N-dealkylation sites (tertiary alicyclic amines) is 1. The summed E-state index contributed by atoms with van der Waals surface area (Å²) in [7, 11) is -3.63. The second kappa shape index (κ2) is 13.7. The molecule has 4 aromatic carbocycles. The van der Waals surface area contributed by atoms with Crippen LogP contribution in [-0.4, -0.2) is 66.4 Å². The van der Waals surface area contributed by atoms with Crippen LogP contribution < -0.4 is 14.5 Å². The third-order valence-corrected chi connectivity index (χ3v) is 14.1. The van der Waals surface area contributed by atoms with Gasteiger partial charge in [0.15, 0.2) is 11.4 Å². The molecule has 0 radical (unpaired) electrons. The topological polar surface area (TPSA) is 143 Å². The summed E-state index contributed by atoms with van der Waals surface area (Å²) in [4.78, 5) is 58.7. The van der Waals surface area contributed by atoms with Crippen LogP contribution in [0.4, 0.5) is 26.9 Å². The first-order valence-corrected chi connectivity index (χ1v) is 21.5. The second-order valence-electron chi connectivity index (χ2n) is 15.3. The number of anilines is 3. The average molecular weight is 765 g/mol. The number of aliphatic hydroxyl groups excluding tert-OH is 1. The molecule has 12 nitrogen and oxygen atoms in total. The molecule has 14 heteroatoms. The molecule has 5 atom stereocenters. The summed E-state index contributed by atoms with van der Waals surface area (Å²) in [5.41, 5.74) is 0.110. The first-order chi connectivity index (χ1) is 26.3. The molecule has 4 aliphatic heterocycles. The number of carbonyl (C=O) groups is 3. The van der Waals surface area contributed by atoms with E-state index in [1.54, 1.807) is 77.4 Å². The quantitative estimate of drug-likeness (QED) is 0.0848. The van der Waals surface area contributed by atoms with Crippen LogP contribution in [0.5, 0.6) is 11.5 Å². The number of amides is 3. The van der Waals surface area contributed by atoms with Gasteiger partial charge in [-0.2, -0.15) is 0 Å². The number of nitro benzene ring substituents is 1. The van der Waals surface area contributed by atoms with E-state index in [1.165, 1.54) is 36.2 Å². The highest BCUT2D eigenvalue weighted by Gasteiger charge is 2.67. The van der Waals surface area contributed by atoms with Gasteiger partial charge in [0, 0.05) is 41.4 Å². The largest absolute Gasteiger partial charge is 0.454 e. The van der Waals surface area contributed by atoms with Crippen molar-refractivity contribution in [1.82, 2.24) is 4.90 Å². The van der Waals surface area contributed by atoms with Crippen molar-refractivity contribution in [2.75, 3.05) is 23.0 Å². The zero-order chi connectivity index (χ0) is 38.8. The maximum absolute atomic E-state index is 16.4. The summed E-state index contributed by atoms with van der Waals surface area (Å²) < 4.78 is 29.2. The number of hydrogen-bond acceptors (Lipinski definition) is 8. The number of halogens is 1. The van der Waals surface area contributed by atoms with E-state index in [4.69, 9.17) is 9.47 Å². The number of nitro groups is 1. The zero-order valence-corrected chi connectivity index (χ0v) is 31.7. The molecular formula is C41H41FN4O8Si. The molecule has 284 valence electrons. The van der Waals surface area contributed by atoms with Crippen molar-refractivity contribution in [2.24, 2.45) is 5.92 Å². The van der Waals surface area contributed by atoms with Gasteiger partial charge in [0.05, 0.1) is 53.6 Å². The molecule has 0 unspecified atom stereocenters. The van der Waals surface area contributed by atoms with Gasteiger partial charge < -0.3 is 28.5 Å². The second-order valence-corrected chi connectivity index (χ2v) is 19.1. The van der Waals surface area contributed by atoms with Crippen LogP contribution in [0.2, 0.25) is 18.6 Å². The lowest BCUT2D eigenvalue weighted by Crippen LogP contribution is -2.45. The Balaban J connectivity index is 1.14. The Kier molecular flexibility index (Phi) is 9.09. The normalized spacial score (nSPS) is 24.4. The highest BCUT2D eigenvalue weighted by Crippen LogP contribution is 2.61. The van der Waals surface area contributed by atoms with Crippen LogP contribution in [0.15, 0.2) is 91.0 Å². The number of para-hydroxylation sites is 3. The summed E-state index contributed by atoms with van der Waals surface area (Å²) >= 11 is 0. The number of rotatable bonds is 8. The highest BCUT2D eigenvalue weighted by molar-refractivity contribution is 6.72. The molecule has 8 rings (SSSR count). The molecule has 0 saturated carbocycles. The zero-order valence-electron chi connectivity index (χ0n) is 30.7. The van der Waals surface area contributed by atoms with Crippen molar-refractivity contribution in [2.45, 2.75) is 69.1 Å². The lowest BCUT2D eigenvalue weighted by Gasteiger charge is -2.31. The number of benzene rings is 4. The summed E-state index contributed by atoms with van der Waals surface area (Å²) in [5.74, 6) is -0.842. The number of fused-ring (bicyclic) bond motifs is 4. The van der Waals surface area contributed by atoms with Crippen molar-refractivity contribution < 1.29 is 38.0 Å². The maximum Gasteiger partial charge on any atom is 0.269 e. The molecule has 1 N–H and O–H groups in total. The molecular weight excluding hydrogens is 724 g/mol. The summed E-state index contributed by atoms with van der Waals surface area (Å²) in [6.07, 6.45) is 0.259. The van der Waals surface area contributed by atoms with E-state index < -0.39 is 42.4 Å². The van der Waals surface area contributed by atoms with Crippen LogP contribution in [0, 0.1) is 16.0 Å². The molecule has 4 aliphatic rings. The van der Waals surface area contributed by atoms with Gasteiger partial charge >= 0.3 is 0 Å². The Hall–Kier alpha value is -5.44. The standard InChI is InChI=1S/C41H41FN4O8Si/c1-25-38(55(2,3)42)36(22-37(48)43-20-8-9-29(43)24-47)54-41(25)31-21-28(46(51)52)18-19-32(31)44(40(41)50)23-26-14-16-27(17-15-26)45-33-11-5-7-13-35(33)53-34-12-6-4-10-30(34)39(45)49/h4-7,10-19,21,25,29,36,38,47H,8-9,20,22-24H2,1-3H3/t25-,29+,36+,38-,41+/m1/s1. The van der Waals surface area contributed by atoms with Gasteiger partial charge in [0.25, 0.3) is 17.5 Å². The summed E-state index contributed by atoms with van der Waals surface area (Å²) in [6, 6.07) is 25.3. The van der Waals surface area contributed by atoms with Crippen LogP contribution in [0.25, 0.3) is 0 Å². The van der Waals surface area contributed by atoms with E-state index >= 15 is 4.11 Å². The Morgan fingerprint density at radius 2 is 1.71 bits per heavy atom. The SMILES string of the molecule is C[C@@H]1[C@@H]([Si](C)(C)F)[C@H](CC(=O)N2CCC[C@H]2CO)O[C@@]12C(=O)N(Cc1ccc(N3C(=O)c4ccccc4Oc4ccccc43)cc1)c1ccc([N+](=O)[O-])cc12. The van der Waals surface area contributed by atoms with Gasteiger partial charge in [-0.25, -0.2) is 0 Å². The monoisotopic (exact) mass is 764 g/mol. The van der Waals surface area contributed by atoms with Gasteiger partial charge in [-0.05, 0) is 74.0 Å². The molecule has 1 spiro atoms. The van der Waals surface area contributed by atoms with E-state index in [0.29, 0.717) is 52.7 Å². The fraction of sp³-hybridized carbons (Fsp3) is 0.341. The van der Waals surface area contributed by atoms with E-state index in [2.05, 4.69) is 0 Å². The van der Waals surface area contributed by atoms with Crippen molar-refractivity contribution in [1.29, 1.82) is 0 Å². The minimum absolute atomic E-state index is 0.0505. The first-order valence-electron chi connectivity index (χ1n) is 18.5. The molecule has 4 heterocycles. The van der Waals surface area contributed by atoms with Crippen molar-refractivity contribution >= 4 is 48.9 Å². The van der Waals surface area contributed by atoms with Gasteiger partial charge in [-0.15, -0.1) is 0 Å².